The molecule has 1 aromatic carbocycles. The first-order valence-electron chi connectivity index (χ1n) is 3.74. The van der Waals surface area contributed by atoms with Crippen LogP contribution >= 0.6 is 25.0 Å². The fraction of sp³-hybridized carbons (Fsp3) is 0. The van der Waals surface area contributed by atoms with E-state index in [-0.39, 0.29) is 0 Å². The number of hydrogen-bond acceptors (Lipinski definition) is 5. The van der Waals surface area contributed by atoms with Crippen LogP contribution in [0.15, 0.2) is 30.3 Å². The quantitative estimate of drug-likeness (QED) is 0.840. The Kier molecular flexibility index (Phi) is 3.67. The van der Waals surface area contributed by atoms with Gasteiger partial charge in [0.15, 0.2) is 0 Å². The lowest BCUT2D eigenvalue weighted by atomic mass is 10.3. The molecule has 0 atom stereocenters. The standard InChI is InChI=1S/C6H6N4OP3/c1-2-4-6(5-3-1)11-7-14-9-12-8-13-10-14/h1-5H,(H,7,8,9,10)/q+1. The fourth-order valence-corrected chi connectivity index (χ4v) is 3.39. The van der Waals surface area contributed by atoms with Crippen LogP contribution < -0.4 is 10.1 Å². The van der Waals surface area contributed by atoms with Crippen LogP contribution in [0.25, 0.3) is 0 Å². The Bertz CT molecular complexity index is 347. The molecule has 8 heteroatoms. The molecule has 2 aromatic rings. The maximum Gasteiger partial charge on any atom is 0.347 e. The van der Waals surface area contributed by atoms with Crippen LogP contribution in [-0.4, -0.2) is 13.5 Å². The third-order valence-corrected chi connectivity index (χ3v) is 4.21. The van der Waals surface area contributed by atoms with E-state index in [2.05, 4.69) is 18.8 Å². The molecule has 0 bridgehead atoms. The second-order valence-corrected chi connectivity index (χ2v) is 5.51. The normalized spacial score (nSPS) is 12.1. The van der Waals surface area contributed by atoms with Gasteiger partial charge in [-0.15, -0.1) is 0 Å². The summed E-state index contributed by atoms with van der Waals surface area (Å²) in [6.45, 7) is 0. The van der Waals surface area contributed by atoms with Crippen LogP contribution in [0.2, 0.25) is 0 Å². The van der Waals surface area contributed by atoms with Gasteiger partial charge in [-0.05, 0) is 30.9 Å². The highest BCUT2D eigenvalue weighted by Gasteiger charge is 2.03. The second-order valence-electron chi connectivity index (χ2n) is 2.24. The van der Waals surface area contributed by atoms with E-state index in [9.17, 15) is 0 Å². The van der Waals surface area contributed by atoms with Gasteiger partial charge in [-0.1, -0.05) is 18.2 Å². The number of nitrogens with one attached hydrogen (secondary N) is 1. The van der Waals surface area contributed by atoms with Crippen LogP contribution in [0.1, 0.15) is 0 Å². The lowest BCUT2D eigenvalue weighted by molar-refractivity contribution is 0.424. The van der Waals surface area contributed by atoms with Gasteiger partial charge in [-0.2, -0.15) is 0 Å². The largest absolute Gasteiger partial charge is 0.387 e. The van der Waals surface area contributed by atoms with Crippen molar-refractivity contribution in [3.05, 3.63) is 30.3 Å². The van der Waals surface area contributed by atoms with Crippen molar-refractivity contribution >= 4 is 25.0 Å². The van der Waals surface area contributed by atoms with Gasteiger partial charge in [-0.25, -0.2) is 0 Å². The molecule has 1 heterocycles. The lowest BCUT2D eigenvalue weighted by Crippen LogP contribution is -2.01. The Morgan fingerprint density at radius 3 is 2.57 bits per heavy atom. The predicted octanol–water partition coefficient (Wildman–Crippen LogP) is 2.84. The van der Waals surface area contributed by atoms with Gasteiger partial charge in [-0.3, -0.25) is 0 Å². The zero-order valence-corrected chi connectivity index (χ0v) is 9.66. The maximum absolute atomic E-state index is 5.29. The Morgan fingerprint density at radius 1 is 1.14 bits per heavy atom. The van der Waals surface area contributed by atoms with Crippen molar-refractivity contribution < 1.29 is 4.84 Å². The molecule has 0 spiro atoms. The molecule has 0 aliphatic carbocycles. The van der Waals surface area contributed by atoms with Crippen molar-refractivity contribution in [3.63, 3.8) is 0 Å². The third kappa shape index (κ3) is 2.90. The molecule has 0 saturated heterocycles. The van der Waals surface area contributed by atoms with E-state index in [4.69, 9.17) is 4.84 Å². The monoisotopic (exact) mass is 243 g/mol. The summed E-state index contributed by atoms with van der Waals surface area (Å²) in [5.41, 5.74) is 0. The minimum Gasteiger partial charge on any atom is -0.387 e. The van der Waals surface area contributed by atoms with Crippen LogP contribution in [0.3, 0.4) is 0 Å². The minimum atomic E-state index is -0.936. The van der Waals surface area contributed by atoms with E-state index in [1.807, 2.05) is 30.3 Å². The Hall–Kier alpha value is -0.720. The summed E-state index contributed by atoms with van der Waals surface area (Å²) in [4.78, 5) is 5.29. The van der Waals surface area contributed by atoms with Crippen molar-refractivity contribution in [3.8, 4) is 5.75 Å². The molecule has 70 valence electrons. The molecule has 0 fully saturated rings. The van der Waals surface area contributed by atoms with Crippen molar-refractivity contribution in [2.75, 3.05) is 5.25 Å². The smallest absolute Gasteiger partial charge is 0.347 e. The van der Waals surface area contributed by atoms with Crippen LogP contribution in [0, 0.1) is 0 Å². The first kappa shape index (κ1) is 9.82. The van der Waals surface area contributed by atoms with Gasteiger partial charge in [0.2, 0.25) is 0 Å². The van der Waals surface area contributed by atoms with E-state index in [1.54, 1.807) is 0 Å². The molecule has 1 aromatic heterocycles. The van der Waals surface area contributed by atoms with Gasteiger partial charge in [0.25, 0.3) is 0 Å². The molecule has 0 radical (unpaired) electrons. The van der Waals surface area contributed by atoms with Crippen LogP contribution in [0.4, 0.5) is 0 Å². The van der Waals surface area contributed by atoms with Crippen molar-refractivity contribution in [1.82, 2.24) is 13.5 Å². The number of para-hydroxylation sites is 1. The van der Waals surface area contributed by atoms with Gasteiger partial charge in [0.05, 0.1) is 0 Å². The topological polar surface area (TPSA) is 59.9 Å². The minimum absolute atomic E-state index is 0.724. The molecule has 2 rings (SSSR count). The summed E-state index contributed by atoms with van der Waals surface area (Å²) < 4.78 is 12.1. The summed E-state index contributed by atoms with van der Waals surface area (Å²) in [5, 5.41) is 2.80. The van der Waals surface area contributed by atoms with E-state index >= 15 is 0 Å². The molecular formula is C6H6N4OP3+. The fourth-order valence-electron chi connectivity index (χ4n) is 0.766. The lowest BCUT2D eigenvalue weighted by Gasteiger charge is -1.99. The van der Waals surface area contributed by atoms with E-state index in [1.165, 1.54) is 0 Å². The van der Waals surface area contributed by atoms with Crippen molar-refractivity contribution in [2.45, 2.75) is 0 Å². The summed E-state index contributed by atoms with van der Waals surface area (Å²) in [7, 11) is 0.512. The second kappa shape index (κ2) is 5.23. The van der Waals surface area contributed by atoms with Gasteiger partial charge >= 0.3 is 25.0 Å². The Morgan fingerprint density at radius 2 is 1.86 bits per heavy atom. The molecule has 5 nitrogen and oxygen atoms in total. The average molecular weight is 243 g/mol. The van der Waals surface area contributed by atoms with Gasteiger partial charge < -0.3 is 4.84 Å². The number of hydrogen-bond donors (Lipinski definition) is 1. The summed E-state index contributed by atoms with van der Waals surface area (Å²) in [6, 6.07) is 9.48. The zero-order chi connectivity index (χ0) is 9.64. The molecule has 0 saturated carbocycles. The summed E-state index contributed by atoms with van der Waals surface area (Å²) >= 11 is 0. The molecule has 0 aliphatic rings. The average Bonchev–Trinajstić information content (AvgIpc) is 2.29. The van der Waals surface area contributed by atoms with E-state index < -0.39 is 8.00 Å². The van der Waals surface area contributed by atoms with Gasteiger partial charge in [0.1, 0.15) is 5.75 Å². The first-order valence-corrected chi connectivity index (χ1v) is 6.59. The Labute approximate surface area is 85.3 Å². The molecule has 0 amide bonds. The summed E-state index contributed by atoms with van der Waals surface area (Å²) in [6.07, 6.45) is 0. The van der Waals surface area contributed by atoms with Gasteiger partial charge in [0, 0.05) is 0 Å². The maximum atomic E-state index is 5.29. The van der Waals surface area contributed by atoms with E-state index in [0.717, 1.165) is 22.8 Å². The van der Waals surface area contributed by atoms with E-state index in [0.29, 0.717) is 0 Å². The first-order chi connectivity index (χ1) is 6.95. The molecular weight excluding hydrogens is 237 g/mol. The highest BCUT2D eigenvalue weighted by molar-refractivity contribution is 7.53. The van der Waals surface area contributed by atoms with Crippen molar-refractivity contribution in [1.29, 1.82) is 0 Å². The molecule has 0 aliphatic heterocycles. The molecule has 1 N–H and O–H groups in total. The third-order valence-electron chi connectivity index (χ3n) is 1.32. The molecule has 0 unspecified atom stereocenters. The number of benzene rings is 1. The van der Waals surface area contributed by atoms with Crippen molar-refractivity contribution in [2.24, 2.45) is 0 Å². The Balaban J connectivity index is 1.96. The number of nitrogens with zero attached hydrogens (tertiary/aromatic N) is 3. The number of rotatable bonds is 3. The van der Waals surface area contributed by atoms with Crippen LogP contribution in [-0.2, 0) is 0 Å². The highest BCUT2D eigenvalue weighted by Crippen LogP contribution is 2.19. The van der Waals surface area contributed by atoms with Crippen LogP contribution in [0.5, 0.6) is 5.75 Å². The number of aromatic nitrogens is 3. The summed E-state index contributed by atoms with van der Waals surface area (Å²) in [5.74, 6) is 0.760. The zero-order valence-electron chi connectivity index (χ0n) is 6.98. The molecule has 14 heavy (non-hydrogen) atoms. The highest BCUT2D eigenvalue weighted by atomic mass is 31.2. The SMILES string of the molecule is c1ccc(ON[p+]2npnpn2)cc1. The predicted molar refractivity (Wildman–Crippen MR) is 58.4 cm³/mol.